The summed E-state index contributed by atoms with van der Waals surface area (Å²) in [5.74, 6) is 6.09. The average Bonchev–Trinajstić information content (AvgIpc) is 2.03. The van der Waals surface area contributed by atoms with Crippen LogP contribution in [0.5, 0.6) is 0 Å². The molecule has 0 unspecified atom stereocenters. The molecule has 0 aromatic rings. The highest BCUT2D eigenvalue weighted by atomic mass is 16.1. The third-order valence-corrected chi connectivity index (χ3v) is 1.36. The van der Waals surface area contributed by atoms with Gasteiger partial charge in [0.05, 0.1) is 0 Å². The number of unbranched alkanes of at least 4 members (excludes halogenated alkanes) is 4. The smallest absolute Gasteiger partial charge is 0.198 e. The first kappa shape index (κ1) is 10.2. The zero-order valence-corrected chi connectivity index (χ0v) is 7.15. The van der Waals surface area contributed by atoms with Gasteiger partial charge >= 0.3 is 0 Å². The van der Waals surface area contributed by atoms with Crippen LogP contribution >= 0.6 is 0 Å². The van der Waals surface area contributed by atoms with E-state index in [1.54, 1.807) is 0 Å². The highest BCUT2D eigenvalue weighted by Gasteiger charge is 1.81. The zero-order chi connectivity index (χ0) is 8.36. The standard InChI is InChI=1S/C10H15O/c1-2-3-4-5-6-7-8-9-10-11/h2-4,7-9H2,1H3. The Hall–Kier alpha value is -0.770. The van der Waals surface area contributed by atoms with Crippen molar-refractivity contribution in [3.8, 4) is 11.8 Å². The van der Waals surface area contributed by atoms with E-state index in [4.69, 9.17) is 0 Å². The van der Waals surface area contributed by atoms with Crippen molar-refractivity contribution in [2.24, 2.45) is 0 Å². The van der Waals surface area contributed by atoms with E-state index in [1.807, 2.05) is 6.29 Å². The maximum absolute atomic E-state index is 9.77. The Morgan fingerprint density at radius 1 is 1.00 bits per heavy atom. The van der Waals surface area contributed by atoms with E-state index >= 15 is 0 Å². The molecule has 1 nitrogen and oxygen atoms in total. The number of hydrogen-bond donors (Lipinski definition) is 0. The van der Waals surface area contributed by atoms with Crippen LogP contribution in [-0.4, -0.2) is 6.29 Å². The van der Waals surface area contributed by atoms with Crippen molar-refractivity contribution in [3.05, 3.63) is 0 Å². The van der Waals surface area contributed by atoms with Gasteiger partial charge < -0.3 is 0 Å². The van der Waals surface area contributed by atoms with Gasteiger partial charge in [-0.3, -0.25) is 4.79 Å². The first-order chi connectivity index (χ1) is 5.41. The van der Waals surface area contributed by atoms with Gasteiger partial charge in [-0.15, -0.1) is 11.8 Å². The van der Waals surface area contributed by atoms with Crippen LogP contribution in [0.2, 0.25) is 0 Å². The molecule has 0 rings (SSSR count). The van der Waals surface area contributed by atoms with Gasteiger partial charge in [-0.05, 0) is 12.8 Å². The second kappa shape index (κ2) is 9.23. The normalized spacial score (nSPS) is 8.45. The lowest BCUT2D eigenvalue weighted by Crippen LogP contribution is -1.74. The van der Waals surface area contributed by atoms with Crippen LogP contribution in [0.3, 0.4) is 0 Å². The summed E-state index contributed by atoms with van der Waals surface area (Å²) in [6.45, 7) is 2.16. The largest absolute Gasteiger partial charge is 0.291 e. The fourth-order valence-corrected chi connectivity index (χ4v) is 0.691. The van der Waals surface area contributed by atoms with E-state index in [2.05, 4.69) is 18.8 Å². The quantitative estimate of drug-likeness (QED) is 0.435. The van der Waals surface area contributed by atoms with Crippen molar-refractivity contribution in [1.29, 1.82) is 0 Å². The van der Waals surface area contributed by atoms with Crippen LogP contribution in [-0.2, 0) is 4.79 Å². The maximum atomic E-state index is 9.77. The molecular formula is C10H15O. The van der Waals surface area contributed by atoms with E-state index in [-0.39, 0.29) is 0 Å². The Bertz CT molecular complexity index is 139. The predicted octanol–water partition coefficient (Wildman–Crippen LogP) is 2.46. The highest BCUT2D eigenvalue weighted by molar-refractivity contribution is 5.50. The van der Waals surface area contributed by atoms with Crippen LogP contribution in [0.1, 0.15) is 45.4 Å². The summed E-state index contributed by atoms with van der Waals surface area (Å²) in [5, 5.41) is 0. The van der Waals surface area contributed by atoms with Crippen molar-refractivity contribution >= 4 is 6.29 Å². The molecule has 0 heterocycles. The fourth-order valence-electron chi connectivity index (χ4n) is 0.691. The number of hydrogen-bond acceptors (Lipinski definition) is 1. The number of rotatable bonds is 5. The molecule has 61 valence electrons. The van der Waals surface area contributed by atoms with Gasteiger partial charge in [0.2, 0.25) is 0 Å². The minimum absolute atomic E-state index is 0.530. The molecule has 0 aromatic carbocycles. The van der Waals surface area contributed by atoms with E-state index in [0.717, 1.165) is 19.3 Å². The predicted molar refractivity (Wildman–Crippen MR) is 46.8 cm³/mol. The molecule has 0 aliphatic carbocycles. The SMILES string of the molecule is CCCCC#CCCC[C]=O. The first-order valence-electron chi connectivity index (χ1n) is 4.22. The zero-order valence-electron chi connectivity index (χ0n) is 7.15. The Labute approximate surface area is 69.2 Å². The van der Waals surface area contributed by atoms with Gasteiger partial charge in [-0.2, -0.15) is 0 Å². The third-order valence-electron chi connectivity index (χ3n) is 1.36. The monoisotopic (exact) mass is 151 g/mol. The van der Waals surface area contributed by atoms with Crippen LogP contribution < -0.4 is 0 Å². The summed E-state index contributed by atoms with van der Waals surface area (Å²) >= 11 is 0. The van der Waals surface area contributed by atoms with Gasteiger partial charge in [-0.25, -0.2) is 0 Å². The Balaban J connectivity index is 3.05. The molecule has 0 N–H and O–H groups in total. The summed E-state index contributed by atoms with van der Waals surface area (Å²) in [5.41, 5.74) is 0. The summed E-state index contributed by atoms with van der Waals surface area (Å²) in [6, 6.07) is 0. The topological polar surface area (TPSA) is 17.1 Å². The minimum Gasteiger partial charge on any atom is -0.291 e. The van der Waals surface area contributed by atoms with Gasteiger partial charge in [0.25, 0.3) is 0 Å². The molecule has 0 spiro atoms. The molecule has 0 amide bonds. The van der Waals surface area contributed by atoms with Gasteiger partial charge in [0.15, 0.2) is 6.29 Å². The van der Waals surface area contributed by atoms with Crippen LogP contribution in [0.15, 0.2) is 0 Å². The summed E-state index contributed by atoms with van der Waals surface area (Å²) in [7, 11) is 0. The lowest BCUT2D eigenvalue weighted by atomic mass is 10.2. The Kier molecular flexibility index (Phi) is 8.58. The van der Waals surface area contributed by atoms with Gasteiger partial charge in [-0.1, -0.05) is 13.3 Å². The maximum Gasteiger partial charge on any atom is 0.198 e. The van der Waals surface area contributed by atoms with Crippen molar-refractivity contribution < 1.29 is 4.79 Å². The average molecular weight is 151 g/mol. The summed E-state index contributed by atoms with van der Waals surface area (Å²) in [4.78, 5) is 9.77. The van der Waals surface area contributed by atoms with Crippen molar-refractivity contribution in [2.75, 3.05) is 0 Å². The molecule has 0 aliphatic rings. The summed E-state index contributed by atoms with van der Waals surface area (Å²) < 4.78 is 0. The molecule has 0 aromatic heterocycles. The lowest BCUT2D eigenvalue weighted by Gasteiger charge is -1.84. The molecule has 0 saturated carbocycles. The fraction of sp³-hybridized carbons (Fsp3) is 0.700. The second-order valence-corrected chi connectivity index (χ2v) is 2.45. The molecular weight excluding hydrogens is 136 g/mol. The van der Waals surface area contributed by atoms with E-state index in [0.29, 0.717) is 6.42 Å². The molecule has 0 bridgehead atoms. The van der Waals surface area contributed by atoms with Crippen molar-refractivity contribution in [3.63, 3.8) is 0 Å². The van der Waals surface area contributed by atoms with Crippen molar-refractivity contribution in [1.82, 2.24) is 0 Å². The van der Waals surface area contributed by atoms with Crippen LogP contribution in [0.4, 0.5) is 0 Å². The van der Waals surface area contributed by atoms with Gasteiger partial charge in [0.1, 0.15) is 0 Å². The Morgan fingerprint density at radius 2 is 1.64 bits per heavy atom. The number of carbonyl (C=O) groups excluding carboxylic acids is 1. The molecule has 1 heteroatoms. The van der Waals surface area contributed by atoms with Crippen LogP contribution in [0.25, 0.3) is 0 Å². The van der Waals surface area contributed by atoms with E-state index in [9.17, 15) is 4.79 Å². The van der Waals surface area contributed by atoms with E-state index < -0.39 is 0 Å². The lowest BCUT2D eigenvalue weighted by molar-refractivity contribution is 0.549. The first-order valence-corrected chi connectivity index (χ1v) is 4.22. The second-order valence-electron chi connectivity index (χ2n) is 2.45. The summed E-state index contributed by atoms with van der Waals surface area (Å²) in [6.07, 6.45) is 7.49. The minimum atomic E-state index is 0.530. The molecule has 0 atom stereocenters. The van der Waals surface area contributed by atoms with Gasteiger partial charge in [0, 0.05) is 19.3 Å². The molecule has 0 aliphatic heterocycles. The Morgan fingerprint density at radius 3 is 2.18 bits per heavy atom. The third kappa shape index (κ3) is 9.23. The van der Waals surface area contributed by atoms with Crippen molar-refractivity contribution in [2.45, 2.75) is 45.4 Å². The highest BCUT2D eigenvalue weighted by Crippen LogP contribution is 1.93. The molecule has 0 saturated heterocycles. The van der Waals surface area contributed by atoms with Crippen LogP contribution in [0, 0.1) is 11.8 Å². The van der Waals surface area contributed by atoms with E-state index in [1.165, 1.54) is 12.8 Å². The molecule has 0 fully saturated rings. The molecule has 11 heavy (non-hydrogen) atoms. The molecule has 1 radical (unpaired) electrons.